The van der Waals surface area contributed by atoms with Crippen molar-refractivity contribution in [1.29, 1.82) is 0 Å². The number of hydrogen-bond acceptors (Lipinski definition) is 4. The van der Waals surface area contributed by atoms with E-state index >= 15 is 0 Å². The topological polar surface area (TPSA) is 60.9 Å². The monoisotopic (exact) mass is 321 g/mol. The van der Waals surface area contributed by atoms with Gasteiger partial charge >= 0.3 is 0 Å². The Labute approximate surface area is 134 Å². The molecule has 1 aromatic carbocycles. The van der Waals surface area contributed by atoms with E-state index in [4.69, 9.17) is 0 Å². The number of benzene rings is 1. The van der Waals surface area contributed by atoms with E-state index in [0.29, 0.717) is 0 Å². The van der Waals surface area contributed by atoms with Crippen LogP contribution in [0.2, 0.25) is 0 Å². The molecule has 0 spiro atoms. The van der Waals surface area contributed by atoms with E-state index < -0.39 is 29.6 Å². The Morgan fingerprint density at radius 1 is 1.30 bits per heavy atom. The zero-order valence-corrected chi connectivity index (χ0v) is 13.5. The van der Waals surface area contributed by atoms with Crippen LogP contribution in [-0.4, -0.2) is 52.8 Å². The second-order valence-electron chi connectivity index (χ2n) is 5.62. The van der Waals surface area contributed by atoms with Crippen LogP contribution in [0.25, 0.3) is 0 Å². The van der Waals surface area contributed by atoms with Gasteiger partial charge in [0, 0.05) is 12.0 Å². The molecular formula is C16H20FN3O3. The van der Waals surface area contributed by atoms with E-state index in [2.05, 4.69) is 0 Å². The Balaban J connectivity index is 2.32. The highest BCUT2D eigenvalue weighted by atomic mass is 19.1. The van der Waals surface area contributed by atoms with Crippen LogP contribution in [-0.2, 0) is 20.9 Å². The normalized spacial score (nSPS) is 18.0. The molecule has 7 heteroatoms. The third-order valence-electron chi connectivity index (χ3n) is 3.83. The Bertz CT molecular complexity index is 633. The summed E-state index contributed by atoms with van der Waals surface area (Å²) >= 11 is 0. The van der Waals surface area contributed by atoms with Crippen molar-refractivity contribution in [2.75, 3.05) is 14.1 Å². The van der Waals surface area contributed by atoms with Crippen molar-refractivity contribution in [3.8, 4) is 0 Å². The van der Waals surface area contributed by atoms with Gasteiger partial charge in [-0.25, -0.2) is 9.40 Å². The van der Waals surface area contributed by atoms with E-state index in [9.17, 15) is 18.8 Å². The Morgan fingerprint density at radius 2 is 1.96 bits per heavy atom. The summed E-state index contributed by atoms with van der Waals surface area (Å²) in [5.74, 6) is -1.80. The van der Waals surface area contributed by atoms with Crippen LogP contribution in [0.15, 0.2) is 24.3 Å². The molecular weight excluding hydrogens is 301 g/mol. The summed E-state index contributed by atoms with van der Waals surface area (Å²) in [6.45, 7) is 1.47. The summed E-state index contributed by atoms with van der Waals surface area (Å²) in [6, 6.07) is 5.39. The Kier molecular flexibility index (Phi) is 5.10. The minimum absolute atomic E-state index is 0.0105. The summed E-state index contributed by atoms with van der Waals surface area (Å²) in [4.78, 5) is 38.6. The maximum Gasteiger partial charge on any atom is 0.266 e. The van der Waals surface area contributed by atoms with Gasteiger partial charge in [0.1, 0.15) is 11.9 Å². The third-order valence-corrected chi connectivity index (χ3v) is 3.83. The van der Waals surface area contributed by atoms with E-state index in [0.717, 1.165) is 10.0 Å². The van der Waals surface area contributed by atoms with Gasteiger partial charge in [0.15, 0.2) is 0 Å². The van der Waals surface area contributed by atoms with Gasteiger partial charge in [0.05, 0.1) is 13.0 Å². The van der Waals surface area contributed by atoms with Gasteiger partial charge in [-0.05, 0) is 20.2 Å². The fourth-order valence-corrected chi connectivity index (χ4v) is 2.50. The second-order valence-corrected chi connectivity index (χ2v) is 5.62. The molecule has 0 bridgehead atoms. The van der Waals surface area contributed by atoms with Crippen LogP contribution in [0.1, 0.15) is 25.3 Å². The van der Waals surface area contributed by atoms with Crippen molar-refractivity contribution in [3.05, 3.63) is 35.6 Å². The van der Waals surface area contributed by atoms with Gasteiger partial charge in [0.25, 0.3) is 11.8 Å². The van der Waals surface area contributed by atoms with Gasteiger partial charge in [0.2, 0.25) is 5.91 Å². The average Bonchev–Trinajstić information content (AvgIpc) is 2.81. The molecule has 0 radical (unpaired) electrons. The molecule has 1 unspecified atom stereocenters. The maximum absolute atomic E-state index is 13.9. The van der Waals surface area contributed by atoms with Crippen LogP contribution in [0.3, 0.4) is 0 Å². The van der Waals surface area contributed by atoms with Crippen molar-refractivity contribution in [3.63, 3.8) is 0 Å². The molecule has 1 heterocycles. The first kappa shape index (κ1) is 17.1. The molecule has 2 rings (SSSR count). The lowest BCUT2D eigenvalue weighted by atomic mass is 10.2. The SMILES string of the molecule is CCC(=O)N(Cc1ccccc1F)N1C(=O)CC(N(C)C)C1=O. The first-order valence-corrected chi connectivity index (χ1v) is 7.43. The lowest BCUT2D eigenvalue weighted by Crippen LogP contribution is -2.51. The number of hydrazine groups is 1. The molecule has 6 nitrogen and oxygen atoms in total. The zero-order valence-electron chi connectivity index (χ0n) is 13.5. The molecule has 0 saturated carbocycles. The van der Waals surface area contributed by atoms with E-state index in [-0.39, 0.29) is 24.9 Å². The number of amides is 3. The molecule has 0 aliphatic carbocycles. The molecule has 1 aromatic rings. The van der Waals surface area contributed by atoms with E-state index in [1.54, 1.807) is 38.1 Å². The summed E-state index contributed by atoms with van der Waals surface area (Å²) in [5, 5.41) is 1.91. The molecule has 0 aromatic heterocycles. The predicted octanol–water partition coefficient (Wildman–Crippen LogP) is 1.17. The smallest absolute Gasteiger partial charge is 0.266 e. The van der Waals surface area contributed by atoms with Gasteiger partial charge in [-0.15, -0.1) is 0 Å². The van der Waals surface area contributed by atoms with Crippen molar-refractivity contribution >= 4 is 17.7 Å². The predicted molar refractivity (Wildman–Crippen MR) is 81.2 cm³/mol. The first-order valence-electron chi connectivity index (χ1n) is 7.43. The van der Waals surface area contributed by atoms with Gasteiger partial charge in [-0.3, -0.25) is 19.3 Å². The lowest BCUT2D eigenvalue weighted by Gasteiger charge is -2.30. The van der Waals surface area contributed by atoms with Gasteiger partial charge in [-0.2, -0.15) is 5.01 Å². The minimum atomic E-state index is -0.602. The summed E-state index contributed by atoms with van der Waals surface area (Å²) < 4.78 is 13.9. The highest BCUT2D eigenvalue weighted by molar-refractivity contribution is 6.06. The zero-order chi connectivity index (χ0) is 17.1. The highest BCUT2D eigenvalue weighted by Gasteiger charge is 2.44. The van der Waals surface area contributed by atoms with Crippen LogP contribution in [0.4, 0.5) is 4.39 Å². The quantitative estimate of drug-likeness (QED) is 0.764. The molecule has 23 heavy (non-hydrogen) atoms. The number of likely N-dealkylation sites (N-methyl/N-ethyl adjacent to an activating group) is 1. The maximum atomic E-state index is 13.9. The average molecular weight is 321 g/mol. The standard InChI is InChI=1S/C16H20FN3O3/c1-4-14(21)19(10-11-7-5-6-8-12(11)17)20-15(22)9-13(16(20)23)18(2)3/h5-8,13H,4,9-10H2,1-3H3. The molecule has 1 aliphatic heterocycles. The Morgan fingerprint density at radius 3 is 2.48 bits per heavy atom. The lowest BCUT2D eigenvalue weighted by molar-refractivity contribution is -0.170. The summed E-state index contributed by atoms with van der Waals surface area (Å²) in [6.07, 6.45) is 0.120. The van der Waals surface area contributed by atoms with Crippen molar-refractivity contribution in [1.82, 2.24) is 14.9 Å². The van der Waals surface area contributed by atoms with Crippen molar-refractivity contribution in [2.24, 2.45) is 0 Å². The van der Waals surface area contributed by atoms with E-state index in [1.165, 1.54) is 12.1 Å². The van der Waals surface area contributed by atoms with Crippen LogP contribution >= 0.6 is 0 Å². The molecule has 124 valence electrons. The third kappa shape index (κ3) is 3.39. The van der Waals surface area contributed by atoms with Crippen LogP contribution in [0, 0.1) is 5.82 Å². The van der Waals surface area contributed by atoms with E-state index in [1.807, 2.05) is 0 Å². The molecule has 1 atom stereocenters. The van der Waals surface area contributed by atoms with Crippen molar-refractivity contribution < 1.29 is 18.8 Å². The largest absolute Gasteiger partial charge is 0.298 e. The number of nitrogens with zero attached hydrogens (tertiary/aromatic N) is 3. The molecule has 3 amide bonds. The molecule has 0 N–H and O–H groups in total. The number of halogens is 1. The first-order chi connectivity index (χ1) is 10.9. The summed E-state index contributed by atoms with van der Waals surface area (Å²) in [7, 11) is 3.39. The fraction of sp³-hybridized carbons (Fsp3) is 0.438. The van der Waals surface area contributed by atoms with Crippen LogP contribution < -0.4 is 0 Å². The summed E-state index contributed by atoms with van der Waals surface area (Å²) in [5.41, 5.74) is 0.253. The number of carbonyl (C=O) groups is 3. The molecule has 1 fully saturated rings. The van der Waals surface area contributed by atoms with Gasteiger partial charge in [-0.1, -0.05) is 25.1 Å². The number of carbonyl (C=O) groups excluding carboxylic acids is 3. The highest BCUT2D eigenvalue weighted by Crippen LogP contribution is 2.22. The van der Waals surface area contributed by atoms with Crippen molar-refractivity contribution in [2.45, 2.75) is 32.4 Å². The second kappa shape index (κ2) is 6.87. The molecule has 1 aliphatic rings. The number of imide groups is 1. The van der Waals surface area contributed by atoms with Crippen LogP contribution in [0.5, 0.6) is 0 Å². The Hall–Kier alpha value is -2.28. The fourth-order valence-electron chi connectivity index (χ4n) is 2.50. The molecule has 1 saturated heterocycles. The van der Waals surface area contributed by atoms with Gasteiger partial charge < -0.3 is 0 Å². The minimum Gasteiger partial charge on any atom is -0.298 e. The number of hydrogen-bond donors (Lipinski definition) is 0. The number of rotatable bonds is 5.